The fraction of sp³-hybridized carbons (Fsp3) is 0.636. The van der Waals surface area contributed by atoms with Crippen LogP contribution < -0.4 is 5.32 Å². The summed E-state index contributed by atoms with van der Waals surface area (Å²) < 4.78 is 5.05. The molecule has 1 aromatic heterocycles. The van der Waals surface area contributed by atoms with Gasteiger partial charge in [0, 0.05) is 6.04 Å². The van der Waals surface area contributed by atoms with E-state index in [1.54, 1.807) is 6.07 Å². The Morgan fingerprint density at radius 1 is 1.50 bits per heavy atom. The Balaban J connectivity index is 2.45. The maximum Gasteiger partial charge on any atom is 0.433 e. The summed E-state index contributed by atoms with van der Waals surface area (Å²) in [6.07, 6.45) is 1.10. The zero-order valence-electron chi connectivity index (χ0n) is 9.90. The van der Waals surface area contributed by atoms with Crippen LogP contribution in [-0.2, 0) is 6.54 Å². The molecule has 0 saturated heterocycles. The van der Waals surface area contributed by atoms with Crippen LogP contribution in [0.15, 0.2) is 16.5 Å². The Bertz CT molecular complexity index is 349. The van der Waals surface area contributed by atoms with Crippen LogP contribution in [0.2, 0.25) is 0 Å². The standard InChI is InChI=1S/C11H18N2O3/c1-4-8(2)9(3)12-7-10-5-6-11(16-10)13(14)15/h5-6,8-9,12H,4,7H2,1-3H3. The Kier molecular flexibility index (Phi) is 4.49. The summed E-state index contributed by atoms with van der Waals surface area (Å²) in [5, 5.41) is 13.7. The molecule has 5 heteroatoms. The largest absolute Gasteiger partial charge is 0.433 e. The van der Waals surface area contributed by atoms with Gasteiger partial charge in [-0.1, -0.05) is 20.3 Å². The fourth-order valence-corrected chi connectivity index (χ4v) is 1.38. The second-order valence-electron chi connectivity index (χ2n) is 4.05. The van der Waals surface area contributed by atoms with Crippen molar-refractivity contribution in [3.63, 3.8) is 0 Å². The Hall–Kier alpha value is -1.36. The van der Waals surface area contributed by atoms with Crippen LogP contribution in [0.25, 0.3) is 0 Å². The summed E-state index contributed by atoms with van der Waals surface area (Å²) in [6, 6.07) is 3.38. The number of hydrogen-bond acceptors (Lipinski definition) is 4. The maximum atomic E-state index is 10.4. The van der Waals surface area contributed by atoms with Gasteiger partial charge in [0.15, 0.2) is 0 Å². The lowest BCUT2D eigenvalue weighted by Gasteiger charge is -2.18. The first-order chi connectivity index (χ1) is 7.54. The molecule has 0 bridgehead atoms. The molecule has 2 unspecified atom stereocenters. The molecular weight excluding hydrogens is 208 g/mol. The lowest BCUT2D eigenvalue weighted by Crippen LogP contribution is -2.31. The molecule has 0 aliphatic rings. The predicted molar refractivity (Wildman–Crippen MR) is 61.1 cm³/mol. The van der Waals surface area contributed by atoms with Crippen molar-refractivity contribution in [2.24, 2.45) is 5.92 Å². The molecule has 0 spiro atoms. The second kappa shape index (κ2) is 5.65. The highest BCUT2D eigenvalue weighted by molar-refractivity contribution is 5.17. The zero-order chi connectivity index (χ0) is 12.1. The third-order valence-corrected chi connectivity index (χ3v) is 2.92. The van der Waals surface area contributed by atoms with E-state index >= 15 is 0 Å². The summed E-state index contributed by atoms with van der Waals surface area (Å²) in [4.78, 5) is 9.87. The lowest BCUT2D eigenvalue weighted by molar-refractivity contribution is -0.402. The van der Waals surface area contributed by atoms with Crippen molar-refractivity contribution in [1.29, 1.82) is 0 Å². The van der Waals surface area contributed by atoms with Crippen molar-refractivity contribution >= 4 is 5.88 Å². The van der Waals surface area contributed by atoms with E-state index in [1.807, 2.05) is 0 Å². The lowest BCUT2D eigenvalue weighted by atomic mass is 10.0. The number of hydrogen-bond donors (Lipinski definition) is 1. The van der Waals surface area contributed by atoms with Gasteiger partial charge >= 0.3 is 5.88 Å². The SMILES string of the molecule is CCC(C)C(C)NCc1ccc([N+](=O)[O-])o1. The topological polar surface area (TPSA) is 68.3 Å². The van der Waals surface area contributed by atoms with E-state index in [0.29, 0.717) is 24.3 Å². The molecule has 2 atom stereocenters. The number of nitro groups is 1. The van der Waals surface area contributed by atoms with Crippen LogP contribution >= 0.6 is 0 Å². The quantitative estimate of drug-likeness (QED) is 0.598. The molecule has 1 aromatic rings. The molecule has 0 radical (unpaired) electrons. The molecule has 5 nitrogen and oxygen atoms in total. The highest BCUT2D eigenvalue weighted by Crippen LogP contribution is 2.16. The van der Waals surface area contributed by atoms with E-state index in [2.05, 4.69) is 26.1 Å². The smallest absolute Gasteiger partial charge is 0.404 e. The van der Waals surface area contributed by atoms with Gasteiger partial charge in [0.2, 0.25) is 0 Å². The van der Waals surface area contributed by atoms with Crippen molar-refractivity contribution in [3.8, 4) is 0 Å². The van der Waals surface area contributed by atoms with Crippen LogP contribution in [0.4, 0.5) is 5.88 Å². The molecule has 0 aliphatic carbocycles. The summed E-state index contributed by atoms with van der Waals surface area (Å²) in [5.41, 5.74) is 0. The summed E-state index contributed by atoms with van der Waals surface area (Å²) in [6.45, 7) is 6.94. The third-order valence-electron chi connectivity index (χ3n) is 2.92. The summed E-state index contributed by atoms with van der Waals surface area (Å²) >= 11 is 0. The summed E-state index contributed by atoms with van der Waals surface area (Å²) in [5.74, 6) is 0.972. The first kappa shape index (κ1) is 12.7. The Morgan fingerprint density at radius 3 is 2.69 bits per heavy atom. The Morgan fingerprint density at radius 2 is 2.19 bits per heavy atom. The van der Waals surface area contributed by atoms with Gasteiger partial charge in [-0.15, -0.1) is 0 Å². The van der Waals surface area contributed by atoms with E-state index in [4.69, 9.17) is 4.42 Å². The molecule has 1 N–H and O–H groups in total. The van der Waals surface area contributed by atoms with Crippen molar-refractivity contribution in [2.75, 3.05) is 0 Å². The van der Waals surface area contributed by atoms with Crippen LogP contribution in [0.5, 0.6) is 0 Å². The molecule has 1 rings (SSSR count). The van der Waals surface area contributed by atoms with Crippen molar-refractivity contribution < 1.29 is 9.34 Å². The minimum absolute atomic E-state index is 0.201. The van der Waals surface area contributed by atoms with E-state index in [1.165, 1.54) is 6.07 Å². The number of nitrogens with one attached hydrogen (secondary N) is 1. The maximum absolute atomic E-state index is 10.4. The number of furan rings is 1. The van der Waals surface area contributed by atoms with Gasteiger partial charge in [-0.2, -0.15) is 0 Å². The second-order valence-corrected chi connectivity index (χ2v) is 4.05. The van der Waals surface area contributed by atoms with Gasteiger partial charge in [0.05, 0.1) is 12.6 Å². The molecule has 0 amide bonds. The molecule has 1 heterocycles. The molecule has 90 valence electrons. The van der Waals surface area contributed by atoms with Gasteiger partial charge in [-0.3, -0.25) is 10.1 Å². The van der Waals surface area contributed by atoms with Gasteiger partial charge in [0.25, 0.3) is 0 Å². The van der Waals surface area contributed by atoms with E-state index in [0.717, 1.165) is 6.42 Å². The third kappa shape index (κ3) is 3.34. The highest BCUT2D eigenvalue weighted by Gasteiger charge is 2.13. The van der Waals surface area contributed by atoms with Gasteiger partial charge in [0.1, 0.15) is 10.7 Å². The first-order valence-corrected chi connectivity index (χ1v) is 5.51. The predicted octanol–water partition coefficient (Wildman–Crippen LogP) is 2.71. The zero-order valence-corrected chi connectivity index (χ0v) is 9.90. The van der Waals surface area contributed by atoms with Crippen LogP contribution in [0.3, 0.4) is 0 Å². The highest BCUT2D eigenvalue weighted by atomic mass is 16.6. The van der Waals surface area contributed by atoms with Crippen molar-refractivity contribution in [2.45, 2.75) is 39.8 Å². The normalized spacial score (nSPS) is 14.7. The molecule has 0 fully saturated rings. The van der Waals surface area contributed by atoms with Gasteiger partial charge in [-0.25, -0.2) is 0 Å². The minimum atomic E-state index is -0.526. The van der Waals surface area contributed by atoms with Crippen LogP contribution in [-0.4, -0.2) is 11.0 Å². The molecule has 16 heavy (non-hydrogen) atoms. The van der Waals surface area contributed by atoms with Gasteiger partial charge in [-0.05, 0) is 18.9 Å². The average molecular weight is 226 g/mol. The van der Waals surface area contributed by atoms with E-state index in [9.17, 15) is 10.1 Å². The molecule has 0 aliphatic heterocycles. The van der Waals surface area contributed by atoms with E-state index in [-0.39, 0.29) is 5.88 Å². The van der Waals surface area contributed by atoms with Crippen LogP contribution in [0.1, 0.15) is 33.0 Å². The minimum Gasteiger partial charge on any atom is -0.404 e. The van der Waals surface area contributed by atoms with E-state index < -0.39 is 4.92 Å². The van der Waals surface area contributed by atoms with Crippen molar-refractivity contribution in [1.82, 2.24) is 5.32 Å². The molecule has 0 aromatic carbocycles. The molecular formula is C11H18N2O3. The average Bonchev–Trinajstić information content (AvgIpc) is 2.73. The Labute approximate surface area is 95.0 Å². The first-order valence-electron chi connectivity index (χ1n) is 5.51. The van der Waals surface area contributed by atoms with Gasteiger partial charge < -0.3 is 9.73 Å². The monoisotopic (exact) mass is 226 g/mol. The molecule has 0 saturated carbocycles. The summed E-state index contributed by atoms with van der Waals surface area (Å²) in [7, 11) is 0. The fourth-order valence-electron chi connectivity index (χ4n) is 1.38. The van der Waals surface area contributed by atoms with Crippen LogP contribution in [0, 0.1) is 16.0 Å². The number of rotatable bonds is 6. The number of nitrogens with zero attached hydrogens (tertiary/aromatic N) is 1. The van der Waals surface area contributed by atoms with Crippen molar-refractivity contribution in [3.05, 3.63) is 28.0 Å².